The highest BCUT2D eigenvalue weighted by atomic mass is 16.3. The Labute approximate surface area is 78.6 Å². The Bertz CT molecular complexity index is 194. The fraction of sp³-hybridized carbons (Fsp3) is 0.778. The highest BCUT2D eigenvalue weighted by molar-refractivity contribution is 5.81. The zero-order valence-electron chi connectivity index (χ0n) is 8.08. The van der Waals surface area contributed by atoms with E-state index in [2.05, 4.69) is 5.32 Å². The Balaban J connectivity index is 4.05. The van der Waals surface area contributed by atoms with Gasteiger partial charge in [-0.3, -0.25) is 4.79 Å². The molecule has 1 amide bonds. The predicted molar refractivity (Wildman–Crippen MR) is 48.7 cm³/mol. The van der Waals surface area contributed by atoms with Crippen molar-refractivity contribution in [3.05, 3.63) is 0 Å². The number of hydrogen-bond donors (Lipinski definition) is 2. The van der Waals surface area contributed by atoms with Crippen LogP contribution in [-0.2, 0) is 4.79 Å². The Morgan fingerprint density at radius 3 is 2.46 bits per heavy atom. The maximum absolute atomic E-state index is 11.3. The number of nitrogens with zero attached hydrogens (tertiary/aromatic N) is 1. The average molecular weight is 184 g/mol. The highest BCUT2D eigenvalue weighted by Crippen LogP contribution is 2.01. The van der Waals surface area contributed by atoms with E-state index < -0.39 is 5.92 Å². The molecular weight excluding hydrogens is 168 g/mol. The van der Waals surface area contributed by atoms with E-state index >= 15 is 0 Å². The molecule has 0 aromatic rings. The molecular formula is C9H16N2O2. The van der Waals surface area contributed by atoms with Gasteiger partial charge in [0.15, 0.2) is 0 Å². The van der Waals surface area contributed by atoms with Crippen LogP contribution in [0.5, 0.6) is 0 Å². The molecule has 2 N–H and O–H groups in total. The number of aliphatic hydroxyl groups is 1. The van der Waals surface area contributed by atoms with Gasteiger partial charge in [0.25, 0.3) is 0 Å². The smallest absolute Gasteiger partial charge is 0.237 e. The number of nitrogens with one attached hydrogen (secondary N) is 1. The zero-order chi connectivity index (χ0) is 10.3. The van der Waals surface area contributed by atoms with Crippen LogP contribution in [0, 0.1) is 17.2 Å². The maximum Gasteiger partial charge on any atom is 0.237 e. The monoisotopic (exact) mass is 184 g/mol. The number of amides is 1. The van der Waals surface area contributed by atoms with Gasteiger partial charge < -0.3 is 10.4 Å². The van der Waals surface area contributed by atoms with Gasteiger partial charge in [0.2, 0.25) is 5.91 Å². The van der Waals surface area contributed by atoms with Gasteiger partial charge in [-0.05, 0) is 12.8 Å². The third-order valence-corrected chi connectivity index (χ3v) is 1.94. The summed E-state index contributed by atoms with van der Waals surface area (Å²) in [6.07, 6.45) is 1.17. The SMILES string of the molecule is CCC(C#N)C(=O)N[C@@H](CC)CO. The predicted octanol–water partition coefficient (Wildman–Crippen LogP) is 0.423. The van der Waals surface area contributed by atoms with Crippen LogP contribution >= 0.6 is 0 Å². The molecule has 0 saturated carbocycles. The van der Waals surface area contributed by atoms with E-state index in [9.17, 15) is 4.79 Å². The summed E-state index contributed by atoms with van der Waals surface area (Å²) in [6, 6.07) is 1.68. The lowest BCUT2D eigenvalue weighted by molar-refractivity contribution is -0.124. The quantitative estimate of drug-likeness (QED) is 0.650. The van der Waals surface area contributed by atoms with Crippen LogP contribution in [0.15, 0.2) is 0 Å². The summed E-state index contributed by atoms with van der Waals surface area (Å²) < 4.78 is 0. The standard InChI is InChI=1S/C9H16N2O2/c1-3-7(5-10)9(13)11-8(4-2)6-12/h7-8,12H,3-4,6H2,1-2H3,(H,11,13)/t7?,8-/m0/s1. The van der Waals surface area contributed by atoms with E-state index in [1.165, 1.54) is 0 Å². The van der Waals surface area contributed by atoms with E-state index in [1.54, 1.807) is 6.92 Å². The van der Waals surface area contributed by atoms with Crippen molar-refractivity contribution in [3.63, 3.8) is 0 Å². The van der Waals surface area contributed by atoms with E-state index in [-0.39, 0.29) is 18.6 Å². The number of hydrogen-bond acceptors (Lipinski definition) is 3. The third kappa shape index (κ3) is 3.90. The Kier molecular flexibility index (Phi) is 5.90. The molecule has 0 bridgehead atoms. The molecule has 1 unspecified atom stereocenters. The van der Waals surface area contributed by atoms with Crippen molar-refractivity contribution < 1.29 is 9.90 Å². The van der Waals surface area contributed by atoms with Crippen molar-refractivity contribution in [1.29, 1.82) is 5.26 Å². The molecule has 0 aromatic carbocycles. The molecule has 0 aliphatic rings. The largest absolute Gasteiger partial charge is 0.394 e. The number of aliphatic hydroxyl groups excluding tert-OH is 1. The number of rotatable bonds is 5. The fourth-order valence-electron chi connectivity index (χ4n) is 0.914. The van der Waals surface area contributed by atoms with E-state index in [0.717, 1.165) is 0 Å². The van der Waals surface area contributed by atoms with Crippen LogP contribution in [-0.4, -0.2) is 23.7 Å². The highest BCUT2D eigenvalue weighted by Gasteiger charge is 2.17. The molecule has 0 rings (SSSR count). The second kappa shape index (κ2) is 6.44. The van der Waals surface area contributed by atoms with Crippen molar-refractivity contribution in [3.8, 4) is 6.07 Å². The molecule has 0 heterocycles. The first-order valence-corrected chi connectivity index (χ1v) is 4.50. The van der Waals surface area contributed by atoms with Crippen LogP contribution in [0.2, 0.25) is 0 Å². The minimum Gasteiger partial charge on any atom is -0.394 e. The van der Waals surface area contributed by atoms with Crippen LogP contribution in [0.25, 0.3) is 0 Å². The summed E-state index contributed by atoms with van der Waals surface area (Å²) in [5, 5.41) is 20.0. The van der Waals surface area contributed by atoms with Gasteiger partial charge in [0.1, 0.15) is 5.92 Å². The molecule has 2 atom stereocenters. The van der Waals surface area contributed by atoms with Crippen molar-refractivity contribution in [2.24, 2.45) is 5.92 Å². The lowest BCUT2D eigenvalue weighted by Gasteiger charge is -2.15. The first kappa shape index (κ1) is 11.9. The van der Waals surface area contributed by atoms with E-state index in [0.29, 0.717) is 12.8 Å². The lowest BCUT2D eigenvalue weighted by Crippen LogP contribution is -2.40. The number of carbonyl (C=O) groups excluding carboxylic acids is 1. The van der Waals surface area contributed by atoms with Gasteiger partial charge in [-0.15, -0.1) is 0 Å². The van der Waals surface area contributed by atoms with Crippen LogP contribution in [0.3, 0.4) is 0 Å². The van der Waals surface area contributed by atoms with E-state index in [1.807, 2.05) is 13.0 Å². The summed E-state index contributed by atoms with van der Waals surface area (Å²) in [4.78, 5) is 11.3. The minimum absolute atomic E-state index is 0.0793. The summed E-state index contributed by atoms with van der Waals surface area (Å²) in [5.41, 5.74) is 0. The maximum atomic E-state index is 11.3. The van der Waals surface area contributed by atoms with Gasteiger partial charge in [0, 0.05) is 0 Å². The van der Waals surface area contributed by atoms with Crippen molar-refractivity contribution in [2.75, 3.05) is 6.61 Å². The van der Waals surface area contributed by atoms with Gasteiger partial charge in [-0.25, -0.2) is 0 Å². The molecule has 74 valence electrons. The molecule has 13 heavy (non-hydrogen) atoms. The third-order valence-electron chi connectivity index (χ3n) is 1.94. The van der Waals surface area contributed by atoms with Crippen molar-refractivity contribution in [1.82, 2.24) is 5.32 Å². The summed E-state index contributed by atoms with van der Waals surface area (Å²) in [5.74, 6) is -0.883. The van der Waals surface area contributed by atoms with Gasteiger partial charge in [0.05, 0.1) is 18.7 Å². The molecule has 0 aliphatic heterocycles. The lowest BCUT2D eigenvalue weighted by atomic mass is 10.1. The first-order chi connectivity index (χ1) is 6.19. The molecule has 0 fully saturated rings. The Morgan fingerprint density at radius 1 is 1.54 bits per heavy atom. The zero-order valence-corrected chi connectivity index (χ0v) is 8.08. The van der Waals surface area contributed by atoms with Crippen LogP contribution in [0.4, 0.5) is 0 Å². The molecule has 0 radical (unpaired) electrons. The second-order valence-corrected chi connectivity index (χ2v) is 2.89. The van der Waals surface area contributed by atoms with E-state index in [4.69, 9.17) is 10.4 Å². The normalized spacial score (nSPS) is 14.3. The molecule has 0 aliphatic carbocycles. The van der Waals surface area contributed by atoms with Gasteiger partial charge in [-0.2, -0.15) is 5.26 Å². The molecule has 4 heteroatoms. The molecule has 0 spiro atoms. The van der Waals surface area contributed by atoms with Crippen molar-refractivity contribution in [2.45, 2.75) is 32.7 Å². The minimum atomic E-state index is -0.597. The Morgan fingerprint density at radius 2 is 2.15 bits per heavy atom. The summed E-state index contributed by atoms with van der Waals surface area (Å²) in [7, 11) is 0. The Hall–Kier alpha value is -1.08. The van der Waals surface area contributed by atoms with Crippen LogP contribution in [0.1, 0.15) is 26.7 Å². The first-order valence-electron chi connectivity index (χ1n) is 4.50. The molecule has 0 saturated heterocycles. The van der Waals surface area contributed by atoms with Gasteiger partial charge in [-0.1, -0.05) is 13.8 Å². The molecule has 0 aromatic heterocycles. The van der Waals surface area contributed by atoms with Gasteiger partial charge >= 0.3 is 0 Å². The van der Waals surface area contributed by atoms with Crippen LogP contribution < -0.4 is 5.32 Å². The summed E-state index contributed by atoms with van der Waals surface area (Å²) in [6.45, 7) is 3.58. The fourth-order valence-corrected chi connectivity index (χ4v) is 0.914. The molecule has 4 nitrogen and oxygen atoms in total. The van der Waals surface area contributed by atoms with Crippen molar-refractivity contribution >= 4 is 5.91 Å². The number of nitriles is 1. The topological polar surface area (TPSA) is 73.1 Å². The summed E-state index contributed by atoms with van der Waals surface area (Å²) >= 11 is 0. The second-order valence-electron chi connectivity index (χ2n) is 2.89. The average Bonchev–Trinajstić information content (AvgIpc) is 2.16. The number of carbonyl (C=O) groups is 1.